The molecular formula is C21H24O5. The standard InChI is InChI=1S/C21H24O5/c1-2-25-20(21(23)24)14-16-8-10-19(11-9-16)26-15-18(12-13-22)17-6-4-3-5-7-17/h3-11,13,18,20H,2,12,14-15H2,1H3,(H,23,24)/t18?,20-/m0/s1. The van der Waals surface area contributed by atoms with Crippen LogP contribution in [0.3, 0.4) is 0 Å². The number of carbonyl (C=O) groups excluding carboxylic acids is 1. The van der Waals surface area contributed by atoms with Crippen LogP contribution in [0.2, 0.25) is 0 Å². The Morgan fingerprint density at radius 3 is 2.38 bits per heavy atom. The smallest absolute Gasteiger partial charge is 0.333 e. The Morgan fingerprint density at radius 2 is 1.81 bits per heavy atom. The molecule has 0 radical (unpaired) electrons. The Morgan fingerprint density at radius 1 is 1.12 bits per heavy atom. The van der Waals surface area contributed by atoms with Crippen molar-refractivity contribution < 1.29 is 24.2 Å². The van der Waals surface area contributed by atoms with Crippen LogP contribution in [0.25, 0.3) is 0 Å². The van der Waals surface area contributed by atoms with Gasteiger partial charge < -0.3 is 19.4 Å². The summed E-state index contributed by atoms with van der Waals surface area (Å²) in [5.74, 6) is -0.279. The van der Waals surface area contributed by atoms with Gasteiger partial charge >= 0.3 is 5.97 Å². The van der Waals surface area contributed by atoms with Gasteiger partial charge in [0.05, 0.1) is 6.61 Å². The maximum Gasteiger partial charge on any atom is 0.333 e. The number of aliphatic carboxylic acids is 1. The maximum atomic E-state index is 11.2. The molecule has 0 saturated carbocycles. The average molecular weight is 356 g/mol. The molecule has 1 unspecified atom stereocenters. The minimum Gasteiger partial charge on any atom is -0.493 e. The van der Waals surface area contributed by atoms with Crippen molar-refractivity contribution in [3.8, 4) is 5.75 Å². The number of aldehydes is 1. The molecular weight excluding hydrogens is 332 g/mol. The molecule has 2 aromatic rings. The highest BCUT2D eigenvalue weighted by molar-refractivity contribution is 5.72. The molecule has 0 aliphatic carbocycles. The summed E-state index contributed by atoms with van der Waals surface area (Å²) in [5.41, 5.74) is 1.93. The van der Waals surface area contributed by atoms with E-state index < -0.39 is 12.1 Å². The normalized spacial score (nSPS) is 13.0. The van der Waals surface area contributed by atoms with Crippen LogP contribution in [-0.4, -0.2) is 36.7 Å². The van der Waals surface area contributed by atoms with E-state index in [1.165, 1.54) is 0 Å². The third-order valence-corrected chi connectivity index (χ3v) is 4.09. The molecule has 0 saturated heterocycles. The van der Waals surface area contributed by atoms with Crippen LogP contribution in [0.4, 0.5) is 0 Å². The maximum absolute atomic E-state index is 11.2. The first kappa shape index (κ1) is 19.7. The van der Waals surface area contributed by atoms with Crippen molar-refractivity contribution in [3.63, 3.8) is 0 Å². The molecule has 0 aliphatic rings. The topological polar surface area (TPSA) is 72.8 Å². The molecule has 0 heterocycles. The van der Waals surface area contributed by atoms with Gasteiger partial charge in [-0.05, 0) is 30.2 Å². The lowest BCUT2D eigenvalue weighted by atomic mass is 9.97. The summed E-state index contributed by atoms with van der Waals surface area (Å²) >= 11 is 0. The monoisotopic (exact) mass is 356 g/mol. The second kappa shape index (κ2) is 10.4. The first-order valence-electron chi connectivity index (χ1n) is 8.68. The Bertz CT molecular complexity index is 681. The van der Waals surface area contributed by atoms with E-state index in [9.17, 15) is 9.59 Å². The molecule has 0 aliphatic heterocycles. The highest BCUT2D eigenvalue weighted by atomic mass is 16.5. The van der Waals surface area contributed by atoms with Gasteiger partial charge in [-0.15, -0.1) is 0 Å². The van der Waals surface area contributed by atoms with Crippen molar-refractivity contribution >= 4 is 12.3 Å². The van der Waals surface area contributed by atoms with E-state index in [2.05, 4.69) is 0 Å². The number of carboxylic acid groups (broad SMARTS) is 1. The van der Waals surface area contributed by atoms with Crippen molar-refractivity contribution in [1.82, 2.24) is 0 Å². The van der Waals surface area contributed by atoms with Crippen molar-refractivity contribution in [1.29, 1.82) is 0 Å². The molecule has 2 aromatic carbocycles. The van der Waals surface area contributed by atoms with E-state index >= 15 is 0 Å². The Balaban J connectivity index is 1.95. The molecule has 26 heavy (non-hydrogen) atoms. The lowest BCUT2D eigenvalue weighted by Crippen LogP contribution is -2.26. The summed E-state index contributed by atoms with van der Waals surface area (Å²) in [7, 11) is 0. The van der Waals surface area contributed by atoms with E-state index in [1.54, 1.807) is 6.92 Å². The average Bonchev–Trinajstić information content (AvgIpc) is 2.66. The number of ether oxygens (including phenoxy) is 2. The molecule has 5 nitrogen and oxygen atoms in total. The molecule has 0 fully saturated rings. The van der Waals surface area contributed by atoms with Crippen LogP contribution in [0, 0.1) is 0 Å². The highest BCUT2D eigenvalue weighted by Crippen LogP contribution is 2.21. The number of carbonyl (C=O) groups is 2. The molecule has 1 N–H and O–H groups in total. The van der Waals surface area contributed by atoms with Crippen LogP contribution >= 0.6 is 0 Å². The molecule has 0 amide bonds. The zero-order chi connectivity index (χ0) is 18.8. The molecule has 5 heteroatoms. The summed E-state index contributed by atoms with van der Waals surface area (Å²) in [6.07, 6.45) is 0.767. The fourth-order valence-electron chi connectivity index (χ4n) is 2.69. The minimum absolute atomic E-state index is 0.00252. The van der Waals surface area contributed by atoms with Gasteiger partial charge in [-0.3, -0.25) is 0 Å². The van der Waals surface area contributed by atoms with E-state index in [1.807, 2.05) is 54.6 Å². The summed E-state index contributed by atoms with van der Waals surface area (Å²) < 4.78 is 11.1. The fourth-order valence-corrected chi connectivity index (χ4v) is 2.69. The van der Waals surface area contributed by atoms with Crippen LogP contribution in [0.15, 0.2) is 54.6 Å². The second-order valence-corrected chi connectivity index (χ2v) is 5.95. The number of benzene rings is 2. The lowest BCUT2D eigenvalue weighted by Gasteiger charge is -2.16. The van der Waals surface area contributed by atoms with Crippen LogP contribution in [-0.2, 0) is 20.7 Å². The highest BCUT2D eigenvalue weighted by Gasteiger charge is 2.18. The fraction of sp³-hybridized carbons (Fsp3) is 0.333. The van der Waals surface area contributed by atoms with Crippen LogP contribution in [0.1, 0.15) is 30.4 Å². The Kier molecular flexibility index (Phi) is 7.83. The number of rotatable bonds is 11. The quantitative estimate of drug-likeness (QED) is 0.624. The largest absolute Gasteiger partial charge is 0.493 e. The third kappa shape index (κ3) is 6.01. The summed E-state index contributed by atoms with van der Waals surface area (Å²) in [6.45, 7) is 2.53. The second-order valence-electron chi connectivity index (χ2n) is 5.95. The first-order chi connectivity index (χ1) is 12.6. The van der Waals surface area contributed by atoms with E-state index in [4.69, 9.17) is 14.6 Å². The number of hydrogen-bond acceptors (Lipinski definition) is 4. The Hall–Kier alpha value is -2.66. The van der Waals surface area contributed by atoms with Crippen molar-refractivity contribution in [3.05, 3.63) is 65.7 Å². The zero-order valence-electron chi connectivity index (χ0n) is 14.8. The van der Waals surface area contributed by atoms with Crippen molar-refractivity contribution in [2.45, 2.75) is 31.8 Å². The summed E-state index contributed by atoms with van der Waals surface area (Å²) in [6, 6.07) is 17.1. The van der Waals surface area contributed by atoms with Gasteiger partial charge in [-0.25, -0.2) is 4.79 Å². The van der Waals surface area contributed by atoms with Gasteiger partial charge in [0.25, 0.3) is 0 Å². The van der Waals surface area contributed by atoms with E-state index in [-0.39, 0.29) is 5.92 Å². The predicted octanol–water partition coefficient (Wildman–Crippen LogP) is 3.47. The van der Waals surface area contributed by atoms with Gasteiger partial charge in [0, 0.05) is 25.4 Å². The minimum atomic E-state index is -0.966. The molecule has 138 valence electrons. The molecule has 0 bridgehead atoms. The van der Waals surface area contributed by atoms with Crippen molar-refractivity contribution in [2.24, 2.45) is 0 Å². The first-order valence-corrected chi connectivity index (χ1v) is 8.68. The third-order valence-electron chi connectivity index (χ3n) is 4.09. The summed E-state index contributed by atoms with van der Waals surface area (Å²) in [5, 5.41) is 9.15. The van der Waals surface area contributed by atoms with E-state index in [0.29, 0.717) is 31.8 Å². The van der Waals surface area contributed by atoms with Crippen LogP contribution < -0.4 is 4.74 Å². The molecule has 2 atom stereocenters. The van der Waals surface area contributed by atoms with Gasteiger partial charge in [-0.2, -0.15) is 0 Å². The molecule has 0 spiro atoms. The van der Waals surface area contributed by atoms with Gasteiger partial charge in [-0.1, -0.05) is 42.5 Å². The predicted molar refractivity (Wildman–Crippen MR) is 98.6 cm³/mol. The number of hydrogen-bond donors (Lipinski definition) is 1. The van der Waals surface area contributed by atoms with Crippen molar-refractivity contribution in [2.75, 3.05) is 13.2 Å². The molecule has 2 rings (SSSR count). The molecule has 0 aromatic heterocycles. The van der Waals surface area contributed by atoms with Gasteiger partial charge in [0.1, 0.15) is 12.0 Å². The lowest BCUT2D eigenvalue weighted by molar-refractivity contribution is -0.149. The SMILES string of the molecule is CCO[C@@H](Cc1ccc(OCC(CC=O)c2ccccc2)cc1)C(=O)O. The van der Waals surface area contributed by atoms with Gasteiger partial charge in [0.15, 0.2) is 6.10 Å². The summed E-state index contributed by atoms with van der Waals surface area (Å²) in [4.78, 5) is 22.1. The number of carboxylic acids is 1. The Labute approximate surface area is 153 Å². The zero-order valence-corrected chi connectivity index (χ0v) is 14.8. The van der Waals surface area contributed by atoms with Crippen LogP contribution in [0.5, 0.6) is 5.75 Å². The van der Waals surface area contributed by atoms with E-state index in [0.717, 1.165) is 17.4 Å². The van der Waals surface area contributed by atoms with Gasteiger partial charge in [0.2, 0.25) is 0 Å².